The van der Waals surface area contributed by atoms with Gasteiger partial charge in [-0.3, -0.25) is 9.59 Å². The zero-order valence-corrected chi connectivity index (χ0v) is 15.6. The number of amides is 1. The number of carbonyl (C=O) groups is 2. The lowest BCUT2D eigenvalue weighted by Crippen LogP contribution is -2.22. The predicted octanol–water partition coefficient (Wildman–Crippen LogP) is 3.58. The fraction of sp³-hybridized carbons (Fsp3) is 0.176. The number of pyridine rings is 1. The van der Waals surface area contributed by atoms with Crippen molar-refractivity contribution < 1.29 is 14.3 Å². The number of hydrazone groups is 1. The van der Waals surface area contributed by atoms with Gasteiger partial charge in [0.25, 0.3) is 0 Å². The molecule has 9 heteroatoms. The molecule has 1 aromatic heterocycles. The van der Waals surface area contributed by atoms with Crippen LogP contribution >= 0.6 is 23.2 Å². The van der Waals surface area contributed by atoms with E-state index in [1.807, 2.05) is 0 Å². The SMILES string of the molecule is CCC(=O)N/N=C(\C(C)=O)c1cc(Cl)c(Oc2ccc(N)nc2)c(Cl)c1. The third-order valence-corrected chi connectivity index (χ3v) is 3.76. The smallest absolute Gasteiger partial charge is 0.239 e. The van der Waals surface area contributed by atoms with E-state index in [-0.39, 0.29) is 39.6 Å². The van der Waals surface area contributed by atoms with Crippen molar-refractivity contribution in [3.63, 3.8) is 0 Å². The lowest BCUT2D eigenvalue weighted by molar-refractivity contribution is -0.120. The number of aromatic nitrogens is 1. The molecule has 0 bridgehead atoms. The molecule has 0 aliphatic heterocycles. The summed E-state index contributed by atoms with van der Waals surface area (Å²) in [4.78, 5) is 27.1. The van der Waals surface area contributed by atoms with Crippen molar-refractivity contribution in [2.75, 3.05) is 5.73 Å². The molecule has 0 unspecified atom stereocenters. The Balaban J connectivity index is 2.36. The average molecular weight is 395 g/mol. The molecule has 1 aromatic carbocycles. The van der Waals surface area contributed by atoms with Gasteiger partial charge < -0.3 is 10.5 Å². The zero-order valence-electron chi connectivity index (χ0n) is 14.0. The molecule has 0 aliphatic carbocycles. The van der Waals surface area contributed by atoms with Crippen molar-refractivity contribution in [3.8, 4) is 11.5 Å². The van der Waals surface area contributed by atoms with Crippen LogP contribution in [0.3, 0.4) is 0 Å². The second kappa shape index (κ2) is 8.64. The summed E-state index contributed by atoms with van der Waals surface area (Å²) in [6.45, 7) is 2.99. The molecule has 0 saturated carbocycles. The molecule has 7 nitrogen and oxygen atoms in total. The average Bonchev–Trinajstić information content (AvgIpc) is 2.59. The Labute approximate surface area is 160 Å². The van der Waals surface area contributed by atoms with Crippen molar-refractivity contribution in [3.05, 3.63) is 46.1 Å². The van der Waals surface area contributed by atoms with E-state index < -0.39 is 0 Å². The summed E-state index contributed by atoms with van der Waals surface area (Å²) in [6.07, 6.45) is 1.66. The topological polar surface area (TPSA) is 107 Å². The Morgan fingerprint density at radius 1 is 1.27 bits per heavy atom. The monoisotopic (exact) mass is 394 g/mol. The number of nitrogens with zero attached hydrogens (tertiary/aromatic N) is 2. The molecule has 136 valence electrons. The summed E-state index contributed by atoms with van der Waals surface area (Å²) in [5.41, 5.74) is 8.21. The minimum Gasteiger partial charge on any atom is -0.453 e. The number of nitrogen functional groups attached to an aromatic ring is 1. The van der Waals surface area contributed by atoms with E-state index in [9.17, 15) is 9.59 Å². The van der Waals surface area contributed by atoms with Crippen molar-refractivity contribution in [1.82, 2.24) is 10.4 Å². The lowest BCUT2D eigenvalue weighted by Gasteiger charge is -2.12. The van der Waals surface area contributed by atoms with Crippen molar-refractivity contribution in [1.29, 1.82) is 0 Å². The van der Waals surface area contributed by atoms with Gasteiger partial charge in [-0.25, -0.2) is 10.4 Å². The van der Waals surface area contributed by atoms with Gasteiger partial charge in [-0.15, -0.1) is 0 Å². The maximum absolute atomic E-state index is 11.9. The first kappa shape index (κ1) is 19.7. The van der Waals surface area contributed by atoms with Gasteiger partial charge in [-0.05, 0) is 24.3 Å². The second-order valence-corrected chi connectivity index (χ2v) is 6.01. The molecule has 0 radical (unpaired) electrons. The number of hydrogen-bond donors (Lipinski definition) is 2. The van der Waals surface area contributed by atoms with Crippen LogP contribution in [0.4, 0.5) is 5.82 Å². The number of ketones is 1. The highest BCUT2D eigenvalue weighted by Gasteiger charge is 2.17. The van der Waals surface area contributed by atoms with Crippen LogP contribution in [-0.4, -0.2) is 22.4 Å². The van der Waals surface area contributed by atoms with E-state index in [4.69, 9.17) is 33.7 Å². The molecule has 26 heavy (non-hydrogen) atoms. The molecule has 3 N–H and O–H groups in total. The minimum absolute atomic E-state index is 0.0244. The van der Waals surface area contributed by atoms with E-state index in [1.54, 1.807) is 19.1 Å². The number of benzene rings is 1. The maximum Gasteiger partial charge on any atom is 0.239 e. The van der Waals surface area contributed by atoms with Gasteiger partial charge in [0.2, 0.25) is 5.91 Å². The summed E-state index contributed by atoms with van der Waals surface area (Å²) >= 11 is 12.5. The molecule has 1 heterocycles. The number of carbonyl (C=O) groups excluding carboxylic acids is 2. The Bertz CT molecular complexity index is 844. The number of ether oxygens (including phenoxy) is 1. The van der Waals surface area contributed by atoms with Crippen molar-refractivity contribution >= 4 is 46.4 Å². The van der Waals surface area contributed by atoms with Gasteiger partial charge in [0.05, 0.1) is 16.2 Å². The van der Waals surface area contributed by atoms with E-state index in [0.29, 0.717) is 17.1 Å². The molecule has 1 amide bonds. The normalized spacial score (nSPS) is 11.2. The first-order chi connectivity index (χ1) is 12.3. The van der Waals surface area contributed by atoms with E-state index >= 15 is 0 Å². The Morgan fingerprint density at radius 2 is 1.92 bits per heavy atom. The summed E-state index contributed by atoms with van der Waals surface area (Å²) < 4.78 is 5.63. The molecule has 0 aliphatic rings. The number of rotatable bonds is 6. The van der Waals surface area contributed by atoms with Crippen molar-refractivity contribution in [2.45, 2.75) is 20.3 Å². The number of hydrogen-bond acceptors (Lipinski definition) is 6. The van der Waals surface area contributed by atoms with Gasteiger partial charge in [0.1, 0.15) is 17.3 Å². The molecule has 2 aromatic rings. The fourth-order valence-electron chi connectivity index (χ4n) is 1.91. The summed E-state index contributed by atoms with van der Waals surface area (Å²) in [5, 5.41) is 4.19. The van der Waals surface area contributed by atoms with Crippen molar-refractivity contribution in [2.24, 2.45) is 5.10 Å². The Morgan fingerprint density at radius 3 is 2.42 bits per heavy atom. The lowest BCUT2D eigenvalue weighted by atomic mass is 10.1. The first-order valence-corrected chi connectivity index (χ1v) is 8.33. The summed E-state index contributed by atoms with van der Waals surface area (Å²) in [5.74, 6) is 0.263. The zero-order chi connectivity index (χ0) is 19.3. The minimum atomic E-state index is -0.357. The second-order valence-electron chi connectivity index (χ2n) is 5.19. The Hall–Kier alpha value is -2.64. The van der Waals surface area contributed by atoms with Crippen LogP contribution < -0.4 is 15.9 Å². The van der Waals surface area contributed by atoms with E-state index in [1.165, 1.54) is 25.3 Å². The summed E-state index contributed by atoms with van der Waals surface area (Å²) in [7, 11) is 0. The highest BCUT2D eigenvalue weighted by molar-refractivity contribution is 6.47. The fourth-order valence-corrected chi connectivity index (χ4v) is 2.47. The van der Waals surface area contributed by atoms with Crippen LogP contribution in [-0.2, 0) is 9.59 Å². The maximum atomic E-state index is 11.9. The third-order valence-electron chi connectivity index (χ3n) is 3.20. The van der Waals surface area contributed by atoms with Crippen LogP contribution in [0.25, 0.3) is 0 Å². The largest absolute Gasteiger partial charge is 0.453 e. The van der Waals surface area contributed by atoms with Crippen LogP contribution in [0, 0.1) is 0 Å². The van der Waals surface area contributed by atoms with E-state index in [2.05, 4.69) is 15.5 Å². The number of halogens is 2. The molecule has 0 fully saturated rings. The Kier molecular flexibility index (Phi) is 6.54. The quantitative estimate of drug-likeness (QED) is 0.574. The van der Waals surface area contributed by atoms with Gasteiger partial charge >= 0.3 is 0 Å². The predicted molar refractivity (Wildman–Crippen MR) is 101 cm³/mol. The molecular weight excluding hydrogens is 379 g/mol. The van der Waals surface area contributed by atoms with E-state index in [0.717, 1.165) is 0 Å². The highest BCUT2D eigenvalue weighted by Crippen LogP contribution is 2.37. The van der Waals surface area contributed by atoms with Gasteiger partial charge in [0.15, 0.2) is 11.5 Å². The first-order valence-electron chi connectivity index (χ1n) is 7.58. The molecule has 0 atom stereocenters. The van der Waals surface area contributed by atoms with Crippen LogP contribution in [0.5, 0.6) is 11.5 Å². The molecular formula is C17H16Cl2N4O3. The molecule has 0 spiro atoms. The molecule has 0 saturated heterocycles. The highest BCUT2D eigenvalue weighted by atomic mass is 35.5. The summed E-state index contributed by atoms with van der Waals surface area (Å²) in [6, 6.07) is 6.14. The third kappa shape index (κ3) is 4.93. The molecule has 2 rings (SSSR count). The van der Waals surface area contributed by atoms with Gasteiger partial charge in [-0.2, -0.15) is 5.10 Å². The van der Waals surface area contributed by atoms with Crippen LogP contribution in [0.1, 0.15) is 25.8 Å². The van der Waals surface area contributed by atoms with Gasteiger partial charge in [0, 0.05) is 18.9 Å². The van der Waals surface area contributed by atoms with Gasteiger partial charge in [-0.1, -0.05) is 30.1 Å². The number of nitrogens with one attached hydrogen (secondary N) is 1. The number of Topliss-reactive ketones (excluding diaryl/α,β-unsaturated/α-hetero) is 1. The number of nitrogens with two attached hydrogens (primary N) is 1. The van der Waals surface area contributed by atoms with Crippen LogP contribution in [0.2, 0.25) is 10.0 Å². The van der Waals surface area contributed by atoms with Crippen LogP contribution in [0.15, 0.2) is 35.6 Å². The standard InChI is InChI=1S/C17H16Cl2N4O3/c1-3-15(25)22-23-16(9(2)24)10-6-12(18)17(13(19)7-10)26-11-4-5-14(20)21-8-11/h4-8H,3H2,1-2H3,(H2,20,21)(H,22,25)/b23-16+. The number of anilines is 1.